The number of aliphatic imine (C=N–C) groups is 1. The molecule has 0 saturated carbocycles. The van der Waals surface area contributed by atoms with E-state index in [0.717, 1.165) is 17.7 Å². The van der Waals surface area contributed by atoms with Gasteiger partial charge in [-0.15, -0.1) is 0 Å². The quantitative estimate of drug-likeness (QED) is 0.470. The highest BCUT2D eigenvalue weighted by molar-refractivity contribution is 6.14. The molecule has 1 amide bonds. The van der Waals surface area contributed by atoms with Crippen molar-refractivity contribution in [2.75, 3.05) is 0 Å². The van der Waals surface area contributed by atoms with Gasteiger partial charge in [0.25, 0.3) is 0 Å². The lowest BCUT2D eigenvalue weighted by atomic mass is 9.83. The van der Waals surface area contributed by atoms with Gasteiger partial charge in [0.1, 0.15) is 0 Å². The Morgan fingerprint density at radius 3 is 2.78 bits per heavy atom. The van der Waals surface area contributed by atoms with Gasteiger partial charge in [-0.1, -0.05) is 24.3 Å². The summed E-state index contributed by atoms with van der Waals surface area (Å²) in [4.78, 5) is 16.4. The molecule has 4 nitrogen and oxygen atoms in total. The first kappa shape index (κ1) is 12.8. The Bertz CT molecular complexity index is 506. The number of rotatable bonds is 2. The van der Waals surface area contributed by atoms with Crippen LogP contribution in [0.25, 0.3) is 0 Å². The molecule has 1 aromatic rings. The Balaban J connectivity index is 2.49. The predicted octanol–water partition coefficient (Wildman–Crippen LogP) is 1.44. The monoisotopic (exact) mass is 245 g/mol. The van der Waals surface area contributed by atoms with Gasteiger partial charge in [-0.2, -0.15) is 0 Å². The number of nitrogens with one attached hydrogen (secondary N) is 1. The van der Waals surface area contributed by atoms with Crippen molar-refractivity contribution in [1.29, 1.82) is 0 Å². The molecule has 2 rings (SSSR count). The van der Waals surface area contributed by atoms with Crippen molar-refractivity contribution in [3.8, 4) is 0 Å². The summed E-state index contributed by atoms with van der Waals surface area (Å²) in [5.74, 6) is 4.67. The molecule has 0 fully saturated rings. The van der Waals surface area contributed by atoms with Crippen LogP contribution in [0.1, 0.15) is 31.9 Å². The molecule has 0 aliphatic carbocycles. The molecule has 1 heterocycles. The van der Waals surface area contributed by atoms with Crippen LogP contribution in [0.15, 0.2) is 29.3 Å². The average molecular weight is 245 g/mol. The van der Waals surface area contributed by atoms with Crippen LogP contribution in [0, 0.1) is 5.92 Å². The summed E-state index contributed by atoms with van der Waals surface area (Å²) < 4.78 is 0. The van der Waals surface area contributed by atoms with Crippen molar-refractivity contribution in [2.24, 2.45) is 16.8 Å². The third-order valence-electron chi connectivity index (χ3n) is 3.29. The van der Waals surface area contributed by atoms with E-state index in [1.54, 1.807) is 0 Å². The Kier molecular flexibility index (Phi) is 3.22. The first-order chi connectivity index (χ1) is 8.44. The van der Waals surface area contributed by atoms with Crippen molar-refractivity contribution in [2.45, 2.75) is 32.7 Å². The van der Waals surface area contributed by atoms with Crippen LogP contribution in [0.2, 0.25) is 0 Å². The second kappa shape index (κ2) is 4.53. The molecule has 0 unspecified atom stereocenters. The number of hydrazine groups is 1. The van der Waals surface area contributed by atoms with E-state index in [9.17, 15) is 4.79 Å². The molecule has 18 heavy (non-hydrogen) atoms. The maximum atomic E-state index is 11.7. The molecule has 0 bridgehead atoms. The average Bonchev–Trinajstić information content (AvgIpc) is 2.34. The van der Waals surface area contributed by atoms with Crippen molar-refractivity contribution < 1.29 is 4.79 Å². The van der Waals surface area contributed by atoms with Crippen LogP contribution in [-0.2, 0) is 11.2 Å². The zero-order valence-electron chi connectivity index (χ0n) is 11.0. The van der Waals surface area contributed by atoms with E-state index in [-0.39, 0.29) is 17.4 Å². The fourth-order valence-electron chi connectivity index (χ4n) is 2.40. The number of hydrogen-bond acceptors (Lipinski definition) is 3. The minimum absolute atomic E-state index is 0.174. The lowest BCUT2D eigenvalue weighted by Crippen LogP contribution is -2.41. The van der Waals surface area contributed by atoms with Crippen molar-refractivity contribution in [1.82, 2.24) is 5.43 Å². The van der Waals surface area contributed by atoms with E-state index in [0.29, 0.717) is 0 Å². The second-order valence-electron chi connectivity index (χ2n) is 5.37. The second-order valence-corrected chi connectivity index (χ2v) is 5.37. The Morgan fingerprint density at radius 2 is 2.11 bits per heavy atom. The van der Waals surface area contributed by atoms with Crippen LogP contribution in [0.4, 0.5) is 0 Å². The summed E-state index contributed by atoms with van der Waals surface area (Å²) in [6.45, 7) is 5.99. The van der Waals surface area contributed by atoms with E-state index in [4.69, 9.17) is 10.8 Å². The molecule has 0 saturated heterocycles. The smallest absolute Gasteiger partial charge is 0.242 e. The summed E-state index contributed by atoms with van der Waals surface area (Å²) >= 11 is 0. The largest absolute Gasteiger partial charge is 0.294 e. The molecule has 0 radical (unpaired) electrons. The van der Waals surface area contributed by atoms with E-state index in [2.05, 4.69) is 25.3 Å². The van der Waals surface area contributed by atoms with Gasteiger partial charge in [-0.3, -0.25) is 15.2 Å². The predicted molar refractivity (Wildman–Crippen MR) is 72.3 cm³/mol. The van der Waals surface area contributed by atoms with Crippen LogP contribution < -0.4 is 11.3 Å². The third kappa shape index (κ3) is 2.29. The summed E-state index contributed by atoms with van der Waals surface area (Å²) in [6.07, 6.45) is 0.892. The summed E-state index contributed by atoms with van der Waals surface area (Å²) in [6, 6.07) is 8.10. The molecule has 3 N–H and O–H groups in total. The number of nitrogens with two attached hydrogens (primary N) is 1. The van der Waals surface area contributed by atoms with Gasteiger partial charge in [0.2, 0.25) is 5.91 Å². The molecular formula is C14H19N3O. The summed E-state index contributed by atoms with van der Waals surface area (Å²) in [5.41, 5.74) is 5.15. The number of amides is 1. The zero-order valence-corrected chi connectivity index (χ0v) is 11.0. The number of benzene rings is 1. The molecule has 1 atom stereocenters. The van der Waals surface area contributed by atoms with Crippen molar-refractivity contribution in [3.05, 3.63) is 35.4 Å². The first-order valence-corrected chi connectivity index (χ1v) is 6.13. The number of nitrogens with zero attached hydrogens (tertiary/aromatic N) is 1. The number of carbonyl (C=O) groups is 1. The van der Waals surface area contributed by atoms with Gasteiger partial charge in [0.05, 0.1) is 17.2 Å². The fourth-order valence-corrected chi connectivity index (χ4v) is 2.40. The summed E-state index contributed by atoms with van der Waals surface area (Å²) in [5, 5.41) is 0. The lowest BCUT2D eigenvalue weighted by Gasteiger charge is -2.30. The molecule has 0 aromatic heterocycles. The number of fused-ring (bicyclic) bond motifs is 1. The molecule has 1 aliphatic heterocycles. The minimum Gasteiger partial charge on any atom is -0.294 e. The molecule has 4 heteroatoms. The molecule has 96 valence electrons. The molecule has 1 aromatic carbocycles. The van der Waals surface area contributed by atoms with Gasteiger partial charge >= 0.3 is 0 Å². The highest BCUT2D eigenvalue weighted by Crippen LogP contribution is 2.29. The SMILES string of the molecule is C[C@@H](C(=O)NN)C1=NC(C)(C)Cc2ccccc21. The van der Waals surface area contributed by atoms with Crippen molar-refractivity contribution >= 4 is 11.6 Å². The van der Waals surface area contributed by atoms with E-state index in [1.807, 2.05) is 25.1 Å². The first-order valence-electron chi connectivity index (χ1n) is 6.13. The van der Waals surface area contributed by atoms with Gasteiger partial charge in [0, 0.05) is 0 Å². The molecule has 1 aliphatic rings. The Labute approximate surface area is 107 Å². The third-order valence-corrected chi connectivity index (χ3v) is 3.29. The van der Waals surface area contributed by atoms with Gasteiger partial charge in [-0.25, -0.2) is 5.84 Å². The number of hydrogen-bond donors (Lipinski definition) is 2. The molecule has 0 spiro atoms. The standard InChI is InChI=1S/C14H19N3O/c1-9(13(18)17-15)12-11-7-5-4-6-10(11)8-14(2,3)16-12/h4-7,9H,8,15H2,1-3H3,(H,17,18)/t9-/m1/s1. The van der Waals surface area contributed by atoms with E-state index >= 15 is 0 Å². The lowest BCUT2D eigenvalue weighted by molar-refractivity contribution is -0.122. The van der Waals surface area contributed by atoms with Crippen LogP contribution in [-0.4, -0.2) is 17.2 Å². The number of carbonyl (C=O) groups excluding carboxylic acids is 1. The van der Waals surface area contributed by atoms with E-state index in [1.165, 1.54) is 5.56 Å². The minimum atomic E-state index is -0.337. The maximum Gasteiger partial charge on any atom is 0.242 e. The van der Waals surface area contributed by atoms with E-state index < -0.39 is 0 Å². The van der Waals surface area contributed by atoms with Crippen LogP contribution in [0.3, 0.4) is 0 Å². The summed E-state index contributed by atoms with van der Waals surface area (Å²) in [7, 11) is 0. The Hall–Kier alpha value is -1.68. The topological polar surface area (TPSA) is 67.5 Å². The fraction of sp³-hybridized carbons (Fsp3) is 0.429. The Morgan fingerprint density at radius 1 is 1.44 bits per heavy atom. The van der Waals surface area contributed by atoms with Crippen molar-refractivity contribution in [3.63, 3.8) is 0 Å². The molecular weight excluding hydrogens is 226 g/mol. The van der Waals surface area contributed by atoms with Crippen LogP contribution >= 0.6 is 0 Å². The zero-order chi connectivity index (χ0) is 13.3. The van der Waals surface area contributed by atoms with Crippen LogP contribution in [0.5, 0.6) is 0 Å². The highest BCUT2D eigenvalue weighted by Gasteiger charge is 2.30. The highest BCUT2D eigenvalue weighted by atomic mass is 16.2. The van der Waals surface area contributed by atoms with Gasteiger partial charge < -0.3 is 0 Å². The van der Waals surface area contributed by atoms with Gasteiger partial charge in [0.15, 0.2) is 0 Å². The maximum absolute atomic E-state index is 11.7. The van der Waals surface area contributed by atoms with Gasteiger partial charge in [-0.05, 0) is 38.3 Å². The normalized spacial score (nSPS) is 18.6.